The number of fused-ring (bicyclic) bond motifs is 1. The van der Waals surface area contributed by atoms with Crippen LogP contribution in [0.15, 0.2) is 24.3 Å². The molecule has 0 atom stereocenters. The second kappa shape index (κ2) is 11.5. The van der Waals surface area contributed by atoms with Crippen LogP contribution in [-0.4, -0.2) is 53.7 Å². The molecule has 0 saturated carbocycles. The summed E-state index contributed by atoms with van der Waals surface area (Å²) in [6, 6.07) is 6.61. The van der Waals surface area contributed by atoms with Gasteiger partial charge in [0.05, 0.1) is 5.56 Å². The number of nitrogens with zero attached hydrogens (tertiary/aromatic N) is 2. The van der Waals surface area contributed by atoms with Crippen molar-refractivity contribution in [3.63, 3.8) is 0 Å². The van der Waals surface area contributed by atoms with Gasteiger partial charge in [-0.3, -0.25) is 14.6 Å². The third-order valence-corrected chi connectivity index (χ3v) is 6.45. The molecule has 2 heterocycles. The molecule has 0 unspecified atom stereocenters. The van der Waals surface area contributed by atoms with Gasteiger partial charge in [-0.1, -0.05) is 18.5 Å². The molecule has 0 bridgehead atoms. The summed E-state index contributed by atoms with van der Waals surface area (Å²) in [5.74, 6) is -3.24. The van der Waals surface area contributed by atoms with E-state index in [9.17, 15) is 22.8 Å². The fourth-order valence-electron chi connectivity index (χ4n) is 3.26. The third-order valence-electron chi connectivity index (χ3n) is 4.96. The fraction of sp³-hybridized carbons (Fsp3) is 0.381. The molecule has 34 heavy (non-hydrogen) atoms. The number of halogens is 4. The average molecular weight is 521 g/mol. The van der Waals surface area contributed by atoms with E-state index in [2.05, 4.69) is 17.1 Å². The summed E-state index contributed by atoms with van der Waals surface area (Å²) >= 11 is 7.38. The lowest BCUT2D eigenvalue weighted by Crippen LogP contribution is -2.35. The Hall–Kier alpha value is -2.83. The number of carboxylic acid groups (broad SMARTS) is 1. The number of carbonyl (C=O) groups excluding carboxylic acids is 2. The van der Waals surface area contributed by atoms with E-state index < -0.39 is 18.1 Å². The maximum Gasteiger partial charge on any atom is 0.490 e. The zero-order chi connectivity index (χ0) is 25.6. The number of nitrogens with two attached hydrogens (primary N) is 1. The number of rotatable bonds is 5. The van der Waals surface area contributed by atoms with Crippen LogP contribution in [0.25, 0.3) is 0 Å². The molecule has 0 fully saturated rings. The van der Waals surface area contributed by atoms with E-state index in [1.54, 1.807) is 29.2 Å². The SMILES string of the molecule is CCN1CCc2c(sc(N(CC)C(=O)Nc3ccc(Cl)cc3)c2C(N)=O)C1.O=C(O)C(F)(F)F. The Kier molecular flexibility index (Phi) is 9.30. The van der Waals surface area contributed by atoms with Gasteiger partial charge in [-0.15, -0.1) is 11.3 Å². The normalized spacial score (nSPS) is 13.4. The third kappa shape index (κ3) is 6.84. The second-order valence-corrected chi connectivity index (χ2v) is 8.67. The standard InChI is InChI=1S/C19H23ClN4O2S.C2HF3O2/c1-3-23-10-9-14-15(11-23)27-18(16(14)17(21)25)24(4-2)19(26)22-13-7-5-12(20)6-8-13;3-2(4,5)1(6)7/h5-8H,3-4,9-11H2,1-2H3,(H2,21,25)(H,22,26);(H,6,7). The summed E-state index contributed by atoms with van der Waals surface area (Å²) < 4.78 is 31.7. The maximum absolute atomic E-state index is 12.9. The van der Waals surface area contributed by atoms with E-state index in [1.807, 2.05) is 6.92 Å². The molecular weight excluding hydrogens is 497 g/mol. The Morgan fingerprint density at radius 3 is 2.29 bits per heavy atom. The van der Waals surface area contributed by atoms with Crippen molar-refractivity contribution in [3.05, 3.63) is 45.3 Å². The number of alkyl halides is 3. The van der Waals surface area contributed by atoms with Crippen molar-refractivity contribution in [2.45, 2.75) is 33.0 Å². The molecule has 2 aromatic rings. The number of thiophene rings is 1. The Morgan fingerprint density at radius 1 is 1.24 bits per heavy atom. The van der Waals surface area contributed by atoms with Crippen LogP contribution in [0.3, 0.4) is 0 Å². The van der Waals surface area contributed by atoms with Crippen molar-refractivity contribution in [1.82, 2.24) is 4.90 Å². The number of anilines is 2. The van der Waals surface area contributed by atoms with E-state index in [0.29, 0.717) is 27.8 Å². The van der Waals surface area contributed by atoms with Crippen molar-refractivity contribution in [2.24, 2.45) is 5.73 Å². The minimum Gasteiger partial charge on any atom is -0.475 e. The fourth-order valence-corrected chi connectivity index (χ4v) is 4.84. The second-order valence-electron chi connectivity index (χ2n) is 7.15. The van der Waals surface area contributed by atoms with Gasteiger partial charge in [-0.2, -0.15) is 13.2 Å². The first-order valence-electron chi connectivity index (χ1n) is 10.2. The first-order chi connectivity index (χ1) is 15.9. The van der Waals surface area contributed by atoms with Crippen LogP contribution >= 0.6 is 22.9 Å². The number of aliphatic carboxylic acids is 1. The molecule has 3 rings (SSSR count). The molecular formula is C21H24ClF3N4O4S. The molecule has 13 heteroatoms. The van der Waals surface area contributed by atoms with Crippen LogP contribution in [0.2, 0.25) is 5.02 Å². The van der Waals surface area contributed by atoms with Crippen LogP contribution in [-0.2, 0) is 17.8 Å². The van der Waals surface area contributed by atoms with Gasteiger partial charge < -0.3 is 16.2 Å². The summed E-state index contributed by atoms with van der Waals surface area (Å²) in [5.41, 5.74) is 7.81. The number of amides is 3. The lowest BCUT2D eigenvalue weighted by Gasteiger charge is -2.25. The lowest BCUT2D eigenvalue weighted by molar-refractivity contribution is -0.192. The topological polar surface area (TPSA) is 116 Å². The Morgan fingerprint density at radius 2 is 1.82 bits per heavy atom. The van der Waals surface area contributed by atoms with E-state index >= 15 is 0 Å². The summed E-state index contributed by atoms with van der Waals surface area (Å²) in [4.78, 5) is 39.0. The molecule has 1 aromatic heterocycles. The molecule has 8 nitrogen and oxygen atoms in total. The molecule has 3 amide bonds. The van der Waals surface area contributed by atoms with Gasteiger partial charge in [0.25, 0.3) is 5.91 Å². The van der Waals surface area contributed by atoms with Crippen LogP contribution in [0, 0.1) is 0 Å². The number of carbonyl (C=O) groups is 3. The minimum absolute atomic E-state index is 0.298. The first-order valence-corrected chi connectivity index (χ1v) is 11.4. The summed E-state index contributed by atoms with van der Waals surface area (Å²) in [6.45, 7) is 7.05. The number of benzene rings is 1. The van der Waals surface area contributed by atoms with Crippen molar-refractivity contribution in [1.29, 1.82) is 0 Å². The molecule has 1 aliphatic heterocycles. The zero-order valence-electron chi connectivity index (χ0n) is 18.4. The number of nitrogens with one attached hydrogen (secondary N) is 1. The predicted octanol–water partition coefficient (Wildman–Crippen LogP) is 4.57. The molecule has 0 spiro atoms. The summed E-state index contributed by atoms with van der Waals surface area (Å²) in [6.07, 6.45) is -4.31. The number of likely N-dealkylation sites (N-methyl/N-ethyl adjacent to an activating group) is 1. The van der Waals surface area contributed by atoms with Crippen molar-refractivity contribution in [3.8, 4) is 0 Å². The maximum atomic E-state index is 12.9. The highest BCUT2D eigenvalue weighted by Gasteiger charge is 2.38. The molecule has 186 valence electrons. The molecule has 0 aliphatic carbocycles. The van der Waals surface area contributed by atoms with Gasteiger partial charge in [0.2, 0.25) is 0 Å². The highest BCUT2D eigenvalue weighted by molar-refractivity contribution is 7.17. The van der Waals surface area contributed by atoms with Crippen molar-refractivity contribution in [2.75, 3.05) is 29.9 Å². The van der Waals surface area contributed by atoms with E-state index in [-0.39, 0.29) is 6.03 Å². The molecule has 4 N–H and O–H groups in total. The van der Waals surface area contributed by atoms with Crippen LogP contribution in [0.5, 0.6) is 0 Å². The van der Waals surface area contributed by atoms with Crippen LogP contribution < -0.4 is 16.0 Å². The number of primary amides is 1. The van der Waals surface area contributed by atoms with Gasteiger partial charge >= 0.3 is 18.2 Å². The van der Waals surface area contributed by atoms with E-state index in [1.165, 1.54) is 11.3 Å². The monoisotopic (exact) mass is 520 g/mol. The molecule has 1 aliphatic rings. The number of urea groups is 1. The van der Waals surface area contributed by atoms with Crippen molar-refractivity contribution < 1.29 is 32.7 Å². The molecule has 0 radical (unpaired) electrons. The average Bonchev–Trinajstić information content (AvgIpc) is 3.14. The first kappa shape index (κ1) is 27.4. The van der Waals surface area contributed by atoms with E-state index in [4.69, 9.17) is 27.2 Å². The van der Waals surface area contributed by atoms with E-state index in [0.717, 1.165) is 36.5 Å². The highest BCUT2D eigenvalue weighted by atomic mass is 35.5. The lowest BCUT2D eigenvalue weighted by atomic mass is 10.0. The smallest absolute Gasteiger partial charge is 0.475 e. The Labute approximate surface area is 203 Å². The number of hydrogen-bond donors (Lipinski definition) is 3. The van der Waals surface area contributed by atoms with Crippen LogP contribution in [0.1, 0.15) is 34.6 Å². The quantitative estimate of drug-likeness (QED) is 0.534. The predicted molar refractivity (Wildman–Crippen MR) is 125 cm³/mol. The zero-order valence-corrected chi connectivity index (χ0v) is 20.0. The summed E-state index contributed by atoms with van der Waals surface area (Å²) in [7, 11) is 0. The van der Waals surface area contributed by atoms with Crippen molar-refractivity contribution >= 4 is 51.5 Å². The number of hydrogen-bond acceptors (Lipinski definition) is 5. The summed E-state index contributed by atoms with van der Waals surface area (Å²) in [5, 5.41) is 11.2. The molecule has 1 aromatic carbocycles. The van der Waals surface area contributed by atoms with Gasteiger partial charge in [-0.25, -0.2) is 9.59 Å². The molecule has 0 saturated heterocycles. The Balaban J connectivity index is 0.000000509. The van der Waals surface area contributed by atoms with Gasteiger partial charge in [-0.05, 0) is 49.7 Å². The largest absolute Gasteiger partial charge is 0.490 e. The Bertz CT molecular complexity index is 1040. The highest BCUT2D eigenvalue weighted by Crippen LogP contribution is 2.39. The van der Waals surface area contributed by atoms with Gasteiger partial charge in [0, 0.05) is 35.2 Å². The number of carboxylic acids is 1. The van der Waals surface area contributed by atoms with Gasteiger partial charge in [0.15, 0.2) is 0 Å². The van der Waals surface area contributed by atoms with Crippen LogP contribution in [0.4, 0.5) is 28.7 Å². The minimum atomic E-state index is -5.08. The van der Waals surface area contributed by atoms with Gasteiger partial charge in [0.1, 0.15) is 5.00 Å².